The van der Waals surface area contributed by atoms with Crippen LogP contribution in [0.3, 0.4) is 0 Å². The van der Waals surface area contributed by atoms with Crippen LogP contribution >= 0.6 is 0 Å². The number of hydrogen-bond acceptors (Lipinski definition) is 3. The summed E-state index contributed by atoms with van der Waals surface area (Å²) >= 11 is 0. The summed E-state index contributed by atoms with van der Waals surface area (Å²) in [6.45, 7) is 6.35. The van der Waals surface area contributed by atoms with Crippen molar-refractivity contribution in [3.8, 4) is 0 Å². The van der Waals surface area contributed by atoms with Gasteiger partial charge in [0.2, 0.25) is 5.91 Å². The Morgan fingerprint density at radius 2 is 1.64 bits per heavy atom. The van der Waals surface area contributed by atoms with Crippen molar-refractivity contribution < 1.29 is 23.7 Å². The van der Waals surface area contributed by atoms with Crippen molar-refractivity contribution in [3.05, 3.63) is 30.1 Å². The Morgan fingerprint density at radius 1 is 1.04 bits per heavy atom. The SMILES string of the molecule is CC[NH+](CC(=O)NCC(=O)Nc1ccc(F)cc1)CC(=O)NC(C)C. The summed E-state index contributed by atoms with van der Waals surface area (Å²) in [5, 5.41) is 7.85. The Labute approximate surface area is 147 Å². The van der Waals surface area contributed by atoms with E-state index in [2.05, 4.69) is 16.0 Å². The fourth-order valence-corrected chi connectivity index (χ4v) is 2.12. The average molecular weight is 353 g/mol. The molecule has 0 saturated carbocycles. The van der Waals surface area contributed by atoms with Crippen LogP contribution in [0.1, 0.15) is 20.8 Å². The monoisotopic (exact) mass is 353 g/mol. The lowest BCUT2D eigenvalue weighted by molar-refractivity contribution is -0.881. The first-order chi connectivity index (χ1) is 11.8. The fourth-order valence-electron chi connectivity index (χ4n) is 2.12. The average Bonchev–Trinajstić information content (AvgIpc) is 2.53. The van der Waals surface area contributed by atoms with E-state index in [1.54, 1.807) is 0 Å². The van der Waals surface area contributed by atoms with Gasteiger partial charge in [-0.15, -0.1) is 0 Å². The molecule has 25 heavy (non-hydrogen) atoms. The van der Waals surface area contributed by atoms with Gasteiger partial charge in [0, 0.05) is 11.7 Å². The minimum atomic E-state index is -0.407. The smallest absolute Gasteiger partial charge is 0.275 e. The maximum Gasteiger partial charge on any atom is 0.275 e. The molecule has 0 spiro atoms. The van der Waals surface area contributed by atoms with Crippen LogP contribution in [0.5, 0.6) is 0 Å². The van der Waals surface area contributed by atoms with Gasteiger partial charge >= 0.3 is 0 Å². The number of carbonyl (C=O) groups is 3. The van der Waals surface area contributed by atoms with E-state index in [4.69, 9.17) is 0 Å². The third-order valence-corrected chi connectivity index (χ3v) is 3.34. The van der Waals surface area contributed by atoms with Gasteiger partial charge in [-0.1, -0.05) is 0 Å². The lowest BCUT2D eigenvalue weighted by Crippen LogP contribution is -3.14. The summed E-state index contributed by atoms with van der Waals surface area (Å²) < 4.78 is 12.8. The van der Waals surface area contributed by atoms with Crippen LogP contribution in [-0.2, 0) is 14.4 Å². The normalized spacial score (nSPS) is 11.7. The maximum absolute atomic E-state index is 12.8. The molecule has 7 nitrogen and oxygen atoms in total. The van der Waals surface area contributed by atoms with Crippen LogP contribution in [0.4, 0.5) is 10.1 Å². The van der Waals surface area contributed by atoms with E-state index in [9.17, 15) is 18.8 Å². The van der Waals surface area contributed by atoms with Gasteiger partial charge in [-0.2, -0.15) is 0 Å². The maximum atomic E-state index is 12.8. The first kappa shape index (κ1) is 20.6. The first-order valence-corrected chi connectivity index (χ1v) is 8.25. The van der Waals surface area contributed by atoms with Gasteiger partial charge in [0.05, 0.1) is 13.1 Å². The van der Waals surface area contributed by atoms with Gasteiger partial charge in [0.25, 0.3) is 11.8 Å². The third kappa shape index (κ3) is 8.80. The van der Waals surface area contributed by atoms with E-state index in [1.807, 2.05) is 20.8 Å². The summed E-state index contributed by atoms with van der Waals surface area (Å²) in [6, 6.07) is 5.39. The minimum absolute atomic E-state index is 0.0505. The number of nitrogens with one attached hydrogen (secondary N) is 4. The number of likely N-dealkylation sites (N-methyl/N-ethyl adjacent to an activating group) is 1. The van der Waals surface area contributed by atoms with Crippen molar-refractivity contribution in [2.75, 3.05) is 31.5 Å². The molecule has 4 N–H and O–H groups in total. The van der Waals surface area contributed by atoms with Crippen LogP contribution in [0.25, 0.3) is 0 Å². The molecule has 0 aliphatic heterocycles. The van der Waals surface area contributed by atoms with E-state index in [0.29, 0.717) is 12.2 Å². The summed E-state index contributed by atoms with van der Waals surface area (Å²) in [4.78, 5) is 36.2. The zero-order valence-electron chi connectivity index (χ0n) is 14.8. The van der Waals surface area contributed by atoms with Crippen molar-refractivity contribution in [1.82, 2.24) is 10.6 Å². The number of benzene rings is 1. The predicted octanol–water partition coefficient (Wildman–Crippen LogP) is -0.690. The minimum Gasteiger partial charge on any atom is -0.349 e. The second-order valence-corrected chi connectivity index (χ2v) is 6.01. The summed E-state index contributed by atoms with van der Waals surface area (Å²) in [5.74, 6) is -1.23. The molecule has 138 valence electrons. The van der Waals surface area contributed by atoms with E-state index in [0.717, 1.165) is 4.90 Å². The summed E-state index contributed by atoms with van der Waals surface area (Å²) in [5.41, 5.74) is 0.451. The molecular weight excluding hydrogens is 327 g/mol. The Kier molecular flexibility index (Phi) is 8.55. The molecule has 0 fully saturated rings. The fraction of sp³-hybridized carbons (Fsp3) is 0.471. The molecule has 1 unspecified atom stereocenters. The Morgan fingerprint density at radius 3 is 2.20 bits per heavy atom. The van der Waals surface area contributed by atoms with Crippen LogP contribution < -0.4 is 20.9 Å². The van der Waals surface area contributed by atoms with Crippen molar-refractivity contribution in [1.29, 1.82) is 0 Å². The topological polar surface area (TPSA) is 91.7 Å². The molecule has 0 aliphatic rings. The largest absolute Gasteiger partial charge is 0.349 e. The lowest BCUT2D eigenvalue weighted by Gasteiger charge is -2.17. The zero-order valence-corrected chi connectivity index (χ0v) is 14.8. The molecule has 1 aromatic carbocycles. The predicted molar refractivity (Wildman–Crippen MR) is 92.6 cm³/mol. The molecule has 0 heterocycles. The van der Waals surface area contributed by atoms with Crippen LogP contribution in [0, 0.1) is 5.82 Å². The number of hydrogen-bond donors (Lipinski definition) is 4. The third-order valence-electron chi connectivity index (χ3n) is 3.34. The van der Waals surface area contributed by atoms with E-state index < -0.39 is 11.7 Å². The molecule has 0 aliphatic carbocycles. The lowest BCUT2D eigenvalue weighted by atomic mass is 10.3. The second kappa shape index (κ2) is 10.4. The van der Waals surface area contributed by atoms with Crippen LogP contribution in [0.15, 0.2) is 24.3 Å². The summed E-state index contributed by atoms with van der Waals surface area (Å²) in [6.07, 6.45) is 0. The standard InChI is InChI=1S/C17H25FN4O3/c1-4-22(11-17(25)20-12(2)3)10-16(24)19-9-15(23)21-14-7-5-13(18)6-8-14/h5-8,12H,4,9-11H2,1-3H3,(H,19,24)(H,20,25)(H,21,23)/p+1. The highest BCUT2D eigenvalue weighted by molar-refractivity contribution is 5.94. The highest BCUT2D eigenvalue weighted by Crippen LogP contribution is 2.07. The number of amides is 3. The Bertz CT molecular complexity index is 590. The number of anilines is 1. The zero-order chi connectivity index (χ0) is 18.8. The van der Waals surface area contributed by atoms with E-state index in [-0.39, 0.29) is 37.5 Å². The molecule has 0 aromatic heterocycles. The Hall–Kier alpha value is -2.48. The highest BCUT2D eigenvalue weighted by atomic mass is 19.1. The highest BCUT2D eigenvalue weighted by Gasteiger charge is 2.17. The van der Waals surface area contributed by atoms with E-state index in [1.165, 1.54) is 24.3 Å². The van der Waals surface area contributed by atoms with Gasteiger partial charge in [-0.25, -0.2) is 4.39 Å². The molecule has 0 radical (unpaired) electrons. The molecule has 1 aromatic rings. The van der Waals surface area contributed by atoms with Gasteiger partial charge in [0.1, 0.15) is 5.82 Å². The molecule has 0 saturated heterocycles. The number of halogens is 1. The van der Waals surface area contributed by atoms with Crippen molar-refractivity contribution in [2.45, 2.75) is 26.8 Å². The van der Waals surface area contributed by atoms with E-state index >= 15 is 0 Å². The molecular formula is C17H26FN4O3+. The van der Waals surface area contributed by atoms with Crippen molar-refractivity contribution in [2.24, 2.45) is 0 Å². The van der Waals surface area contributed by atoms with Gasteiger partial charge in [0.15, 0.2) is 13.1 Å². The molecule has 1 atom stereocenters. The second-order valence-electron chi connectivity index (χ2n) is 6.01. The number of carbonyl (C=O) groups excluding carboxylic acids is 3. The first-order valence-electron chi connectivity index (χ1n) is 8.25. The molecule has 8 heteroatoms. The van der Waals surface area contributed by atoms with Crippen molar-refractivity contribution >= 4 is 23.4 Å². The molecule has 3 amide bonds. The van der Waals surface area contributed by atoms with Crippen LogP contribution in [-0.4, -0.2) is 49.9 Å². The summed E-state index contributed by atoms with van der Waals surface area (Å²) in [7, 11) is 0. The van der Waals surface area contributed by atoms with Gasteiger partial charge in [-0.3, -0.25) is 14.4 Å². The van der Waals surface area contributed by atoms with Crippen molar-refractivity contribution in [3.63, 3.8) is 0 Å². The van der Waals surface area contributed by atoms with Gasteiger partial charge < -0.3 is 20.9 Å². The molecule has 0 bridgehead atoms. The number of quaternary nitrogens is 1. The Balaban J connectivity index is 2.35. The molecule has 1 rings (SSSR count). The number of rotatable bonds is 9. The van der Waals surface area contributed by atoms with Crippen LogP contribution in [0.2, 0.25) is 0 Å². The quantitative estimate of drug-likeness (QED) is 0.474. The van der Waals surface area contributed by atoms with Gasteiger partial charge in [-0.05, 0) is 45.0 Å².